The van der Waals surface area contributed by atoms with Gasteiger partial charge in [-0.05, 0) is 30.2 Å². The molecule has 0 unspecified atom stereocenters. The van der Waals surface area contributed by atoms with Crippen LogP contribution in [0.2, 0.25) is 0 Å². The molecule has 2 amide bonds. The third kappa shape index (κ3) is 5.04. The van der Waals surface area contributed by atoms with Crippen molar-refractivity contribution in [2.45, 2.75) is 6.42 Å². The molecule has 1 aliphatic heterocycles. The molecule has 6 nitrogen and oxygen atoms in total. The molecule has 0 aromatic heterocycles. The van der Waals surface area contributed by atoms with Gasteiger partial charge in [-0.15, -0.1) is 0 Å². The van der Waals surface area contributed by atoms with Crippen LogP contribution in [-0.4, -0.2) is 44.7 Å². The number of amides is 2. The Morgan fingerprint density at radius 1 is 1.00 bits per heavy atom. The number of carbonyl (C=O) groups excluding carboxylic acids is 2. The molecule has 2 aromatic rings. The molecule has 0 aliphatic carbocycles. The molecule has 27 heavy (non-hydrogen) atoms. The van der Waals surface area contributed by atoms with Crippen molar-refractivity contribution in [2.75, 3.05) is 43.1 Å². The molecular formula is C20H22FN3O3. The largest absolute Gasteiger partial charge is 0.378 e. The molecule has 0 atom stereocenters. The zero-order valence-electron chi connectivity index (χ0n) is 14.9. The standard InChI is InChI=1S/C20H22FN3O3/c21-16-6-2-1-5-15(16)9-10-22-19(25)20(26)23-17-7-3-4-8-18(17)24-11-13-27-14-12-24/h1-8H,9-14H2,(H,22,25)(H,23,26). The molecular weight excluding hydrogens is 349 g/mol. The van der Waals surface area contributed by atoms with Crippen molar-refractivity contribution in [1.29, 1.82) is 0 Å². The molecule has 1 aliphatic rings. The van der Waals surface area contributed by atoms with Gasteiger partial charge in [-0.3, -0.25) is 9.59 Å². The average molecular weight is 371 g/mol. The number of morpholine rings is 1. The number of hydrogen-bond donors (Lipinski definition) is 2. The summed E-state index contributed by atoms with van der Waals surface area (Å²) >= 11 is 0. The minimum Gasteiger partial charge on any atom is -0.378 e. The summed E-state index contributed by atoms with van der Waals surface area (Å²) in [5.41, 5.74) is 1.93. The maximum atomic E-state index is 13.6. The Kier molecular flexibility index (Phi) is 6.38. The lowest BCUT2D eigenvalue weighted by molar-refractivity contribution is -0.136. The number of nitrogens with zero attached hydrogens (tertiary/aromatic N) is 1. The maximum absolute atomic E-state index is 13.6. The van der Waals surface area contributed by atoms with E-state index in [1.165, 1.54) is 6.07 Å². The Morgan fingerprint density at radius 2 is 1.70 bits per heavy atom. The number of benzene rings is 2. The Hall–Kier alpha value is -2.93. The number of ether oxygens (including phenoxy) is 1. The van der Waals surface area contributed by atoms with Crippen LogP contribution in [-0.2, 0) is 20.7 Å². The van der Waals surface area contributed by atoms with Gasteiger partial charge in [-0.1, -0.05) is 30.3 Å². The first-order valence-electron chi connectivity index (χ1n) is 8.89. The molecule has 0 bridgehead atoms. The van der Waals surface area contributed by atoms with Gasteiger partial charge in [0.1, 0.15) is 5.82 Å². The summed E-state index contributed by atoms with van der Waals surface area (Å²) in [7, 11) is 0. The quantitative estimate of drug-likeness (QED) is 0.789. The first kappa shape index (κ1) is 18.8. The average Bonchev–Trinajstić information content (AvgIpc) is 2.70. The van der Waals surface area contributed by atoms with Crippen LogP contribution >= 0.6 is 0 Å². The van der Waals surface area contributed by atoms with Crippen LogP contribution in [0.3, 0.4) is 0 Å². The highest BCUT2D eigenvalue weighted by molar-refractivity contribution is 6.39. The summed E-state index contributed by atoms with van der Waals surface area (Å²) in [4.78, 5) is 26.4. The van der Waals surface area contributed by atoms with Crippen molar-refractivity contribution in [3.8, 4) is 0 Å². The predicted octanol–water partition coefficient (Wildman–Crippen LogP) is 1.96. The van der Waals surface area contributed by atoms with Gasteiger partial charge in [-0.25, -0.2) is 4.39 Å². The molecule has 2 N–H and O–H groups in total. The van der Waals surface area contributed by atoms with E-state index < -0.39 is 11.8 Å². The van der Waals surface area contributed by atoms with Gasteiger partial charge in [0.2, 0.25) is 0 Å². The minimum atomic E-state index is -0.747. The lowest BCUT2D eigenvalue weighted by Crippen LogP contribution is -2.38. The van der Waals surface area contributed by atoms with Gasteiger partial charge in [0.05, 0.1) is 24.6 Å². The number of halogens is 1. The summed E-state index contributed by atoms with van der Waals surface area (Å²) in [6, 6.07) is 13.7. The Labute approximate surface area is 157 Å². The monoisotopic (exact) mass is 371 g/mol. The van der Waals surface area contributed by atoms with E-state index in [0.717, 1.165) is 18.8 Å². The van der Waals surface area contributed by atoms with Crippen LogP contribution < -0.4 is 15.5 Å². The zero-order valence-corrected chi connectivity index (χ0v) is 14.9. The summed E-state index contributed by atoms with van der Waals surface area (Å²) in [6.07, 6.45) is 0.316. The molecule has 3 rings (SSSR count). The second-order valence-corrected chi connectivity index (χ2v) is 6.17. The maximum Gasteiger partial charge on any atom is 0.313 e. The molecule has 1 heterocycles. The van der Waals surface area contributed by atoms with Gasteiger partial charge in [0, 0.05) is 19.6 Å². The number of hydrogen-bond acceptors (Lipinski definition) is 4. The van der Waals surface area contributed by atoms with E-state index in [1.807, 2.05) is 12.1 Å². The summed E-state index contributed by atoms with van der Waals surface area (Å²) < 4.78 is 18.9. The highest BCUT2D eigenvalue weighted by atomic mass is 19.1. The van der Waals surface area contributed by atoms with E-state index in [-0.39, 0.29) is 12.4 Å². The molecule has 7 heteroatoms. The molecule has 0 spiro atoms. The molecule has 1 saturated heterocycles. The van der Waals surface area contributed by atoms with Gasteiger partial charge < -0.3 is 20.3 Å². The molecule has 142 valence electrons. The van der Waals surface area contributed by atoms with Gasteiger partial charge in [0.25, 0.3) is 0 Å². The fourth-order valence-electron chi connectivity index (χ4n) is 2.93. The SMILES string of the molecule is O=C(NCCc1ccccc1F)C(=O)Nc1ccccc1N1CCOCC1. The van der Waals surface area contributed by atoms with Crippen LogP contribution in [0.15, 0.2) is 48.5 Å². The lowest BCUT2D eigenvalue weighted by Gasteiger charge is -2.30. The predicted molar refractivity (Wildman–Crippen MR) is 101 cm³/mol. The Balaban J connectivity index is 1.55. The molecule has 0 saturated carbocycles. The van der Waals surface area contributed by atoms with Crippen LogP contribution in [0.1, 0.15) is 5.56 Å². The van der Waals surface area contributed by atoms with E-state index in [0.29, 0.717) is 30.9 Å². The molecule has 0 radical (unpaired) electrons. The fraction of sp³-hybridized carbons (Fsp3) is 0.300. The normalized spacial score (nSPS) is 13.9. The number of anilines is 2. The van der Waals surface area contributed by atoms with Crippen molar-refractivity contribution in [2.24, 2.45) is 0 Å². The highest BCUT2D eigenvalue weighted by Gasteiger charge is 2.18. The molecule has 2 aromatic carbocycles. The van der Waals surface area contributed by atoms with Crippen molar-refractivity contribution < 1.29 is 18.7 Å². The van der Waals surface area contributed by atoms with E-state index in [1.54, 1.807) is 30.3 Å². The summed E-state index contributed by atoms with van der Waals surface area (Å²) in [5, 5.41) is 5.19. The number of nitrogens with one attached hydrogen (secondary N) is 2. The summed E-state index contributed by atoms with van der Waals surface area (Å²) in [5.74, 6) is -1.82. The minimum absolute atomic E-state index is 0.179. The third-order valence-electron chi connectivity index (χ3n) is 4.35. The lowest BCUT2D eigenvalue weighted by atomic mass is 10.1. The molecule has 1 fully saturated rings. The number of rotatable bonds is 5. The Bertz CT molecular complexity index is 807. The van der Waals surface area contributed by atoms with Crippen molar-refractivity contribution in [3.63, 3.8) is 0 Å². The third-order valence-corrected chi connectivity index (χ3v) is 4.35. The van der Waals surface area contributed by atoms with E-state index in [4.69, 9.17) is 4.74 Å². The van der Waals surface area contributed by atoms with E-state index >= 15 is 0 Å². The van der Waals surface area contributed by atoms with Crippen LogP contribution in [0.4, 0.5) is 15.8 Å². The zero-order chi connectivity index (χ0) is 19.1. The second kappa shape index (κ2) is 9.14. The van der Waals surface area contributed by atoms with Crippen molar-refractivity contribution in [1.82, 2.24) is 5.32 Å². The van der Waals surface area contributed by atoms with Gasteiger partial charge in [0.15, 0.2) is 0 Å². The number of carbonyl (C=O) groups is 2. The topological polar surface area (TPSA) is 70.7 Å². The van der Waals surface area contributed by atoms with Gasteiger partial charge in [-0.2, -0.15) is 0 Å². The summed E-state index contributed by atoms with van der Waals surface area (Å²) in [6.45, 7) is 2.87. The highest BCUT2D eigenvalue weighted by Crippen LogP contribution is 2.26. The Morgan fingerprint density at radius 3 is 2.48 bits per heavy atom. The first-order valence-corrected chi connectivity index (χ1v) is 8.89. The smallest absolute Gasteiger partial charge is 0.313 e. The van der Waals surface area contributed by atoms with E-state index in [9.17, 15) is 14.0 Å². The van der Waals surface area contributed by atoms with Crippen molar-refractivity contribution in [3.05, 3.63) is 59.9 Å². The van der Waals surface area contributed by atoms with E-state index in [2.05, 4.69) is 15.5 Å². The van der Waals surface area contributed by atoms with Gasteiger partial charge >= 0.3 is 11.8 Å². The van der Waals surface area contributed by atoms with Crippen LogP contribution in [0.5, 0.6) is 0 Å². The van der Waals surface area contributed by atoms with Crippen molar-refractivity contribution >= 4 is 23.2 Å². The fourth-order valence-corrected chi connectivity index (χ4v) is 2.93. The van der Waals surface area contributed by atoms with Crippen LogP contribution in [0.25, 0.3) is 0 Å². The van der Waals surface area contributed by atoms with Crippen LogP contribution in [0, 0.1) is 5.82 Å². The second-order valence-electron chi connectivity index (χ2n) is 6.17. The first-order chi connectivity index (χ1) is 13.1. The number of para-hydroxylation sites is 2.